The summed E-state index contributed by atoms with van der Waals surface area (Å²) in [6.45, 7) is 11.4. The maximum absolute atomic E-state index is 5.85. The number of hydrogen-bond acceptors (Lipinski definition) is 5. The van der Waals surface area contributed by atoms with Gasteiger partial charge < -0.3 is 19.7 Å². The first-order valence-corrected chi connectivity index (χ1v) is 12.0. The van der Waals surface area contributed by atoms with E-state index in [2.05, 4.69) is 28.3 Å². The van der Waals surface area contributed by atoms with Crippen molar-refractivity contribution < 1.29 is 9.47 Å². The van der Waals surface area contributed by atoms with Gasteiger partial charge in [-0.25, -0.2) is 0 Å². The molecule has 0 saturated carbocycles. The quantitative estimate of drug-likeness (QED) is 0.306. The van der Waals surface area contributed by atoms with Crippen LogP contribution in [0, 0.1) is 0 Å². The lowest BCUT2D eigenvalue weighted by molar-refractivity contribution is 0.0793. The molecule has 0 unspecified atom stereocenters. The van der Waals surface area contributed by atoms with Gasteiger partial charge >= 0.3 is 0 Å². The van der Waals surface area contributed by atoms with Crippen molar-refractivity contribution in [1.29, 1.82) is 0 Å². The molecule has 30 heavy (non-hydrogen) atoms. The molecule has 2 aliphatic heterocycles. The molecular weight excluding hydrogens is 511 g/mol. The summed E-state index contributed by atoms with van der Waals surface area (Å²) in [6, 6.07) is 10.1. The molecule has 0 atom stereocenters. The molecule has 2 fully saturated rings. The second-order valence-corrected chi connectivity index (χ2v) is 8.93. The molecular formula is C22H37IN4O2S. The van der Waals surface area contributed by atoms with Gasteiger partial charge in [0, 0.05) is 57.2 Å². The molecule has 0 amide bonds. The molecule has 0 aliphatic carbocycles. The maximum Gasteiger partial charge on any atom is 0.194 e. The number of benzene rings is 1. The number of rotatable bonds is 8. The highest BCUT2D eigenvalue weighted by Crippen LogP contribution is 2.34. The van der Waals surface area contributed by atoms with Crippen LogP contribution in [0.15, 0.2) is 35.3 Å². The first-order chi connectivity index (χ1) is 14.2. The number of piperazine rings is 1. The Bertz CT molecular complexity index is 621. The molecule has 2 saturated heterocycles. The second-order valence-electron chi connectivity index (χ2n) is 7.66. The van der Waals surface area contributed by atoms with Gasteiger partial charge in [0.2, 0.25) is 0 Å². The number of nitrogens with one attached hydrogen (secondary N) is 1. The first-order valence-electron chi connectivity index (χ1n) is 10.8. The maximum atomic E-state index is 5.85. The molecule has 0 radical (unpaired) electrons. The third kappa shape index (κ3) is 7.76. The van der Waals surface area contributed by atoms with E-state index in [0.717, 1.165) is 90.2 Å². The summed E-state index contributed by atoms with van der Waals surface area (Å²) in [4.78, 5) is 9.93. The average Bonchev–Trinajstić information content (AvgIpc) is 2.78. The zero-order chi connectivity index (χ0) is 20.4. The monoisotopic (exact) mass is 548 g/mol. The Morgan fingerprint density at radius 3 is 2.50 bits per heavy atom. The third-order valence-corrected chi connectivity index (χ3v) is 7.18. The van der Waals surface area contributed by atoms with Gasteiger partial charge in [-0.15, -0.1) is 24.0 Å². The number of nitrogens with zero attached hydrogens (tertiary/aromatic N) is 3. The van der Waals surface area contributed by atoms with Gasteiger partial charge in [-0.3, -0.25) is 9.89 Å². The zero-order valence-electron chi connectivity index (χ0n) is 18.3. The molecule has 6 nitrogen and oxygen atoms in total. The first kappa shape index (κ1) is 25.5. The number of hydrogen-bond donors (Lipinski definition) is 1. The van der Waals surface area contributed by atoms with E-state index in [1.54, 1.807) is 0 Å². The second kappa shape index (κ2) is 13.6. The number of guanidine groups is 1. The molecule has 1 aromatic carbocycles. The molecule has 0 spiro atoms. The number of para-hydroxylation sites is 1. The minimum atomic E-state index is 0. The minimum absolute atomic E-state index is 0. The molecule has 1 aromatic rings. The van der Waals surface area contributed by atoms with Crippen LogP contribution in [0.2, 0.25) is 0 Å². The highest BCUT2D eigenvalue weighted by molar-refractivity contribution is 14.0. The van der Waals surface area contributed by atoms with Crippen molar-refractivity contribution in [1.82, 2.24) is 15.1 Å². The van der Waals surface area contributed by atoms with Gasteiger partial charge in [0.15, 0.2) is 5.96 Å². The van der Waals surface area contributed by atoms with Crippen LogP contribution < -0.4 is 10.1 Å². The average molecular weight is 549 g/mol. The lowest BCUT2D eigenvalue weighted by Crippen LogP contribution is -2.53. The molecule has 0 bridgehead atoms. The number of halogens is 1. The van der Waals surface area contributed by atoms with Gasteiger partial charge in [0.1, 0.15) is 12.4 Å². The molecule has 2 heterocycles. The van der Waals surface area contributed by atoms with E-state index in [1.165, 1.54) is 0 Å². The van der Waals surface area contributed by atoms with Crippen molar-refractivity contribution in [3.05, 3.63) is 30.3 Å². The Morgan fingerprint density at radius 2 is 1.87 bits per heavy atom. The van der Waals surface area contributed by atoms with Crippen LogP contribution in [-0.4, -0.2) is 92.4 Å². The van der Waals surface area contributed by atoms with E-state index in [0.29, 0.717) is 0 Å². The van der Waals surface area contributed by atoms with Gasteiger partial charge in [-0.05, 0) is 38.2 Å². The SMILES string of the molecule is CCNC(=NCC1(SC)CCOCC1)N1CCN(CCOc2ccccc2)CC1.I. The topological polar surface area (TPSA) is 49.3 Å². The van der Waals surface area contributed by atoms with Gasteiger partial charge in [0.05, 0.1) is 6.54 Å². The van der Waals surface area contributed by atoms with Gasteiger partial charge in [-0.1, -0.05) is 18.2 Å². The lowest BCUT2D eigenvalue weighted by atomic mass is 9.99. The fourth-order valence-corrected chi connectivity index (χ4v) is 4.58. The van der Waals surface area contributed by atoms with Crippen LogP contribution in [0.1, 0.15) is 19.8 Å². The van der Waals surface area contributed by atoms with Crippen molar-refractivity contribution in [2.75, 3.05) is 71.9 Å². The number of thioether (sulfide) groups is 1. The minimum Gasteiger partial charge on any atom is -0.492 e. The summed E-state index contributed by atoms with van der Waals surface area (Å²) in [6.07, 6.45) is 4.39. The van der Waals surface area contributed by atoms with E-state index in [-0.39, 0.29) is 28.7 Å². The Balaban J connectivity index is 0.00000320. The largest absolute Gasteiger partial charge is 0.492 e. The van der Waals surface area contributed by atoms with E-state index in [1.807, 2.05) is 42.1 Å². The Kier molecular flexibility index (Phi) is 11.6. The van der Waals surface area contributed by atoms with Gasteiger partial charge in [-0.2, -0.15) is 11.8 Å². The van der Waals surface area contributed by atoms with Gasteiger partial charge in [0.25, 0.3) is 0 Å². The summed E-state index contributed by atoms with van der Waals surface area (Å²) in [5.74, 6) is 2.01. The van der Waals surface area contributed by atoms with Crippen molar-refractivity contribution in [3.8, 4) is 5.75 Å². The summed E-state index contributed by atoms with van der Waals surface area (Å²) in [5, 5.41) is 3.50. The number of ether oxygens (including phenoxy) is 2. The molecule has 170 valence electrons. The Labute approximate surface area is 203 Å². The molecule has 3 rings (SSSR count). The van der Waals surface area contributed by atoms with E-state index < -0.39 is 0 Å². The molecule has 1 N–H and O–H groups in total. The van der Waals surface area contributed by atoms with E-state index >= 15 is 0 Å². The van der Waals surface area contributed by atoms with E-state index in [9.17, 15) is 0 Å². The van der Waals surface area contributed by atoms with Crippen LogP contribution in [0.25, 0.3) is 0 Å². The summed E-state index contributed by atoms with van der Waals surface area (Å²) < 4.78 is 11.6. The van der Waals surface area contributed by atoms with E-state index in [4.69, 9.17) is 14.5 Å². The molecule has 2 aliphatic rings. The zero-order valence-corrected chi connectivity index (χ0v) is 21.5. The molecule has 8 heteroatoms. The van der Waals surface area contributed by atoms with Crippen molar-refractivity contribution in [2.45, 2.75) is 24.5 Å². The highest BCUT2D eigenvalue weighted by atomic mass is 127. The van der Waals surface area contributed by atoms with Crippen molar-refractivity contribution >= 4 is 41.7 Å². The van der Waals surface area contributed by atoms with Crippen LogP contribution in [0.5, 0.6) is 5.75 Å². The Hall–Kier alpha value is -0.710. The van der Waals surface area contributed by atoms with Crippen LogP contribution in [0.4, 0.5) is 0 Å². The summed E-state index contributed by atoms with van der Waals surface area (Å²) >= 11 is 1.95. The third-order valence-electron chi connectivity index (χ3n) is 5.78. The fourth-order valence-electron chi connectivity index (χ4n) is 3.81. The Morgan fingerprint density at radius 1 is 1.17 bits per heavy atom. The predicted molar refractivity (Wildman–Crippen MR) is 138 cm³/mol. The molecule has 0 aromatic heterocycles. The van der Waals surface area contributed by atoms with Crippen LogP contribution in [-0.2, 0) is 4.74 Å². The predicted octanol–water partition coefficient (Wildman–Crippen LogP) is 3.18. The van der Waals surface area contributed by atoms with Crippen molar-refractivity contribution in [3.63, 3.8) is 0 Å². The van der Waals surface area contributed by atoms with Crippen LogP contribution >= 0.6 is 35.7 Å². The fraction of sp³-hybridized carbons (Fsp3) is 0.682. The smallest absolute Gasteiger partial charge is 0.194 e. The lowest BCUT2D eigenvalue weighted by Gasteiger charge is -2.38. The number of aliphatic imine (C=N–C) groups is 1. The van der Waals surface area contributed by atoms with Crippen molar-refractivity contribution in [2.24, 2.45) is 4.99 Å². The summed E-state index contributed by atoms with van der Waals surface area (Å²) in [5.41, 5.74) is 0. The highest BCUT2D eigenvalue weighted by Gasteiger charge is 2.32. The normalized spacial score (nSPS) is 19.8. The standard InChI is InChI=1S/C22H36N4O2S.HI/c1-3-23-21(24-19-22(29-2)9-16-27-17-10-22)26-13-11-25(12-14-26)15-18-28-20-7-5-4-6-8-20;/h4-8H,3,9-19H2,1-2H3,(H,23,24);1H. The van der Waals surface area contributed by atoms with Crippen LogP contribution in [0.3, 0.4) is 0 Å². The summed E-state index contributed by atoms with van der Waals surface area (Å²) in [7, 11) is 0.